The lowest BCUT2D eigenvalue weighted by molar-refractivity contribution is 0.0322. The number of morpholine rings is 1. The van der Waals surface area contributed by atoms with Crippen molar-refractivity contribution >= 4 is 16.8 Å². The van der Waals surface area contributed by atoms with E-state index in [2.05, 4.69) is 16.5 Å². The van der Waals surface area contributed by atoms with Gasteiger partial charge in [0.1, 0.15) is 23.8 Å². The number of benzene rings is 1. The number of fused-ring (bicyclic) bond motifs is 2. The number of aromatic nitrogens is 2. The molecular formula is C23H23N3O3. The van der Waals surface area contributed by atoms with E-state index in [1.165, 1.54) is 0 Å². The summed E-state index contributed by atoms with van der Waals surface area (Å²) < 4.78 is 19.5. The van der Waals surface area contributed by atoms with Crippen molar-refractivity contribution in [2.24, 2.45) is 0 Å². The topological polar surface area (TPSA) is 48.2 Å². The fourth-order valence-electron chi connectivity index (χ4n) is 3.63. The molecule has 2 aliphatic rings. The van der Waals surface area contributed by atoms with Crippen molar-refractivity contribution in [3.8, 4) is 11.5 Å². The van der Waals surface area contributed by atoms with Gasteiger partial charge in [-0.1, -0.05) is 6.58 Å². The number of allylic oxidation sites excluding steroid dienone is 2. The molecule has 0 unspecified atom stereocenters. The highest BCUT2D eigenvalue weighted by Gasteiger charge is 2.19. The molecule has 0 atom stereocenters. The summed E-state index contributed by atoms with van der Waals surface area (Å²) in [6, 6.07) is 9.88. The molecule has 2 aromatic heterocycles. The molecular weight excluding hydrogens is 366 g/mol. The first-order valence-corrected chi connectivity index (χ1v) is 9.85. The first kappa shape index (κ1) is 18.0. The van der Waals surface area contributed by atoms with Gasteiger partial charge >= 0.3 is 0 Å². The van der Waals surface area contributed by atoms with E-state index < -0.39 is 0 Å². The number of nitrogens with zero attached hydrogens (tertiary/aromatic N) is 3. The van der Waals surface area contributed by atoms with E-state index in [4.69, 9.17) is 14.2 Å². The standard InChI is InChI=1S/C23H23N3O3/c1-17-13-23(21-16-26-6-2-3-18(26)15-24-21)29-22-5-4-19(14-20(17)22)28-12-9-25-7-10-27-11-8-25/h2-6,13-16H,1,7-12H2. The van der Waals surface area contributed by atoms with Gasteiger partial charge in [-0.05, 0) is 42.0 Å². The summed E-state index contributed by atoms with van der Waals surface area (Å²) in [4.78, 5) is 6.87. The van der Waals surface area contributed by atoms with Gasteiger partial charge in [-0.2, -0.15) is 0 Å². The van der Waals surface area contributed by atoms with Crippen LogP contribution in [0.15, 0.2) is 61.6 Å². The van der Waals surface area contributed by atoms with Crippen molar-refractivity contribution in [3.05, 3.63) is 72.8 Å². The average Bonchev–Trinajstić information content (AvgIpc) is 3.23. The van der Waals surface area contributed by atoms with Crippen LogP contribution in [0.1, 0.15) is 11.3 Å². The molecule has 0 amide bonds. The second-order valence-electron chi connectivity index (χ2n) is 7.21. The molecule has 0 aliphatic carbocycles. The summed E-state index contributed by atoms with van der Waals surface area (Å²) in [5, 5.41) is 0. The molecule has 0 bridgehead atoms. The highest BCUT2D eigenvalue weighted by Crippen LogP contribution is 2.37. The first-order valence-electron chi connectivity index (χ1n) is 9.85. The van der Waals surface area contributed by atoms with E-state index in [0.29, 0.717) is 12.4 Å². The molecule has 1 aromatic carbocycles. The molecule has 6 nitrogen and oxygen atoms in total. The molecule has 1 saturated heterocycles. The first-order chi connectivity index (χ1) is 14.3. The Hall–Kier alpha value is -3.09. The van der Waals surface area contributed by atoms with Crippen LogP contribution in [-0.4, -0.2) is 53.7 Å². The Labute approximate surface area is 169 Å². The predicted octanol–water partition coefficient (Wildman–Crippen LogP) is 3.49. The van der Waals surface area contributed by atoms with Crippen LogP contribution in [0.2, 0.25) is 0 Å². The maximum atomic E-state index is 6.12. The molecule has 0 N–H and O–H groups in total. The Bertz CT molecular complexity index is 1080. The Morgan fingerprint density at radius 3 is 2.97 bits per heavy atom. The molecule has 4 heterocycles. The van der Waals surface area contributed by atoms with E-state index >= 15 is 0 Å². The number of hydrogen-bond donors (Lipinski definition) is 0. The average molecular weight is 389 g/mol. The summed E-state index contributed by atoms with van der Waals surface area (Å²) in [5.74, 6) is 2.28. The van der Waals surface area contributed by atoms with Gasteiger partial charge in [0.2, 0.25) is 0 Å². The van der Waals surface area contributed by atoms with Crippen LogP contribution < -0.4 is 9.47 Å². The minimum Gasteiger partial charge on any atom is -0.492 e. The van der Waals surface area contributed by atoms with Gasteiger partial charge in [-0.3, -0.25) is 4.90 Å². The van der Waals surface area contributed by atoms with Crippen LogP contribution in [0.3, 0.4) is 0 Å². The third-order valence-electron chi connectivity index (χ3n) is 5.26. The van der Waals surface area contributed by atoms with Crippen molar-refractivity contribution in [1.82, 2.24) is 14.3 Å². The maximum Gasteiger partial charge on any atom is 0.155 e. The molecule has 0 saturated carbocycles. The van der Waals surface area contributed by atoms with Crippen molar-refractivity contribution < 1.29 is 14.2 Å². The smallest absolute Gasteiger partial charge is 0.155 e. The number of rotatable bonds is 5. The lowest BCUT2D eigenvalue weighted by Crippen LogP contribution is -2.38. The third kappa shape index (κ3) is 3.77. The molecule has 29 heavy (non-hydrogen) atoms. The van der Waals surface area contributed by atoms with Gasteiger partial charge in [-0.25, -0.2) is 4.98 Å². The van der Waals surface area contributed by atoms with Crippen molar-refractivity contribution in [2.45, 2.75) is 0 Å². The Morgan fingerprint density at radius 2 is 2.07 bits per heavy atom. The molecule has 3 aromatic rings. The van der Waals surface area contributed by atoms with Crippen molar-refractivity contribution in [2.75, 3.05) is 39.5 Å². The lowest BCUT2D eigenvalue weighted by Gasteiger charge is -2.26. The van der Waals surface area contributed by atoms with Gasteiger partial charge in [0.15, 0.2) is 5.76 Å². The minimum atomic E-state index is 0.647. The summed E-state index contributed by atoms with van der Waals surface area (Å²) in [6.07, 6.45) is 7.72. The molecule has 6 heteroatoms. The van der Waals surface area contributed by atoms with E-state index in [-0.39, 0.29) is 0 Å². The zero-order valence-corrected chi connectivity index (χ0v) is 16.2. The highest BCUT2D eigenvalue weighted by molar-refractivity contribution is 5.86. The Balaban J connectivity index is 1.29. The zero-order chi connectivity index (χ0) is 19.6. The minimum absolute atomic E-state index is 0.647. The predicted molar refractivity (Wildman–Crippen MR) is 112 cm³/mol. The number of hydrogen-bond acceptors (Lipinski definition) is 5. The fourth-order valence-corrected chi connectivity index (χ4v) is 3.63. The number of ether oxygens (including phenoxy) is 3. The lowest BCUT2D eigenvalue weighted by atomic mass is 10.0. The SMILES string of the molecule is C=C1C=C(c2cn3cccc3cn2)Oc2ccc(OCCN3CCOCC3)cc21. The van der Waals surface area contributed by atoms with E-state index in [0.717, 1.165) is 66.7 Å². The Morgan fingerprint density at radius 1 is 1.17 bits per heavy atom. The molecule has 5 rings (SSSR count). The fraction of sp³-hybridized carbons (Fsp3) is 0.261. The van der Waals surface area contributed by atoms with E-state index in [1.807, 2.05) is 59.4 Å². The zero-order valence-electron chi connectivity index (χ0n) is 16.2. The van der Waals surface area contributed by atoms with Crippen LogP contribution in [0.25, 0.3) is 16.8 Å². The summed E-state index contributed by atoms with van der Waals surface area (Å²) in [5.41, 5.74) is 3.64. The molecule has 1 fully saturated rings. The van der Waals surface area contributed by atoms with Gasteiger partial charge < -0.3 is 18.6 Å². The monoisotopic (exact) mass is 389 g/mol. The van der Waals surface area contributed by atoms with E-state index in [1.54, 1.807) is 0 Å². The third-order valence-corrected chi connectivity index (χ3v) is 5.26. The summed E-state index contributed by atoms with van der Waals surface area (Å²) in [6.45, 7) is 9.29. The van der Waals surface area contributed by atoms with Crippen LogP contribution in [-0.2, 0) is 4.74 Å². The second-order valence-corrected chi connectivity index (χ2v) is 7.21. The van der Waals surface area contributed by atoms with Gasteiger partial charge in [0.25, 0.3) is 0 Å². The van der Waals surface area contributed by atoms with Gasteiger partial charge in [0.05, 0.1) is 24.9 Å². The van der Waals surface area contributed by atoms with Gasteiger partial charge in [-0.15, -0.1) is 0 Å². The van der Waals surface area contributed by atoms with E-state index in [9.17, 15) is 0 Å². The Kier molecular flexibility index (Phi) is 4.79. The molecule has 0 radical (unpaired) electrons. The van der Waals surface area contributed by atoms with Crippen LogP contribution in [0.5, 0.6) is 11.5 Å². The maximum absolute atomic E-state index is 6.12. The molecule has 148 valence electrons. The van der Waals surface area contributed by atoms with Crippen LogP contribution in [0, 0.1) is 0 Å². The second kappa shape index (κ2) is 7.73. The summed E-state index contributed by atoms with van der Waals surface area (Å²) in [7, 11) is 0. The largest absolute Gasteiger partial charge is 0.492 e. The quantitative estimate of drug-likeness (QED) is 0.669. The van der Waals surface area contributed by atoms with Crippen molar-refractivity contribution in [1.29, 1.82) is 0 Å². The van der Waals surface area contributed by atoms with Gasteiger partial charge in [0, 0.05) is 37.6 Å². The molecule has 2 aliphatic heterocycles. The highest BCUT2D eigenvalue weighted by atomic mass is 16.5. The van der Waals surface area contributed by atoms with Crippen LogP contribution in [0.4, 0.5) is 0 Å². The normalized spacial score (nSPS) is 17.0. The molecule has 0 spiro atoms. The van der Waals surface area contributed by atoms with Crippen molar-refractivity contribution in [3.63, 3.8) is 0 Å². The van der Waals surface area contributed by atoms with Crippen LogP contribution >= 0.6 is 0 Å². The summed E-state index contributed by atoms with van der Waals surface area (Å²) >= 11 is 0.